The number of methoxy groups -OCH3 is 1. The summed E-state index contributed by atoms with van der Waals surface area (Å²) in [5.41, 5.74) is 4.08. The Hall–Kier alpha value is -2.60. The highest BCUT2D eigenvalue weighted by Crippen LogP contribution is 2.28. The zero-order valence-electron chi connectivity index (χ0n) is 17.3. The summed E-state index contributed by atoms with van der Waals surface area (Å²) in [5.74, 6) is 0.844. The molecular formula is C22H30N4O2. The van der Waals surface area contributed by atoms with Crippen molar-refractivity contribution < 1.29 is 9.53 Å². The van der Waals surface area contributed by atoms with Crippen LogP contribution in [0.5, 0.6) is 5.75 Å². The highest BCUT2D eigenvalue weighted by atomic mass is 16.5. The van der Waals surface area contributed by atoms with E-state index in [1.807, 2.05) is 22.9 Å². The van der Waals surface area contributed by atoms with E-state index in [9.17, 15) is 4.79 Å². The predicted molar refractivity (Wildman–Crippen MR) is 111 cm³/mol. The van der Waals surface area contributed by atoms with Crippen LogP contribution in [0, 0.1) is 0 Å². The third-order valence-corrected chi connectivity index (χ3v) is 5.42. The predicted octanol–water partition coefficient (Wildman–Crippen LogP) is 2.77. The fourth-order valence-electron chi connectivity index (χ4n) is 3.89. The molecule has 1 unspecified atom stereocenters. The van der Waals surface area contributed by atoms with Crippen molar-refractivity contribution >= 4 is 5.91 Å². The Balaban J connectivity index is 1.82. The number of aromatic nitrogens is 2. The number of likely N-dealkylation sites (N-methyl/N-ethyl adjacent to an activating group) is 1. The van der Waals surface area contributed by atoms with Gasteiger partial charge in [0, 0.05) is 37.9 Å². The van der Waals surface area contributed by atoms with E-state index in [1.54, 1.807) is 26.1 Å². The lowest BCUT2D eigenvalue weighted by Crippen LogP contribution is -2.37. The topological polar surface area (TPSA) is 50.6 Å². The van der Waals surface area contributed by atoms with Crippen LogP contribution >= 0.6 is 0 Å². The van der Waals surface area contributed by atoms with Gasteiger partial charge in [0.05, 0.1) is 13.7 Å². The molecule has 1 aromatic carbocycles. The van der Waals surface area contributed by atoms with Gasteiger partial charge in [-0.15, -0.1) is 6.58 Å². The summed E-state index contributed by atoms with van der Waals surface area (Å²) in [6.07, 6.45) is 4.63. The number of ether oxygens (including phenoxy) is 1. The number of carbonyl (C=O) groups excluding carboxylic acids is 1. The van der Waals surface area contributed by atoms with Crippen molar-refractivity contribution in [1.29, 1.82) is 0 Å². The summed E-state index contributed by atoms with van der Waals surface area (Å²) in [6, 6.07) is 8.55. The maximum atomic E-state index is 12.7. The first kappa shape index (κ1) is 20.1. The number of rotatable bonds is 7. The summed E-state index contributed by atoms with van der Waals surface area (Å²) in [6.45, 7) is 5.30. The van der Waals surface area contributed by atoms with Gasteiger partial charge in [-0.3, -0.25) is 14.4 Å². The summed E-state index contributed by atoms with van der Waals surface area (Å²) in [5, 5.41) is 4.62. The van der Waals surface area contributed by atoms with Crippen LogP contribution in [-0.4, -0.2) is 59.8 Å². The van der Waals surface area contributed by atoms with E-state index in [2.05, 4.69) is 35.8 Å². The van der Waals surface area contributed by atoms with E-state index in [-0.39, 0.29) is 5.91 Å². The second-order valence-electron chi connectivity index (χ2n) is 7.61. The molecule has 28 heavy (non-hydrogen) atoms. The minimum absolute atomic E-state index is 0.0323. The smallest absolute Gasteiger partial charge is 0.274 e. The van der Waals surface area contributed by atoms with Crippen molar-refractivity contribution in [2.24, 2.45) is 0 Å². The van der Waals surface area contributed by atoms with Gasteiger partial charge >= 0.3 is 0 Å². The number of carbonyl (C=O) groups is 1. The van der Waals surface area contributed by atoms with Gasteiger partial charge in [-0.2, -0.15) is 5.10 Å². The van der Waals surface area contributed by atoms with Crippen molar-refractivity contribution in [2.75, 3.05) is 28.3 Å². The van der Waals surface area contributed by atoms with Crippen LogP contribution in [-0.2, 0) is 25.9 Å². The highest BCUT2D eigenvalue weighted by molar-refractivity contribution is 5.93. The molecule has 150 valence electrons. The molecule has 1 aliphatic carbocycles. The van der Waals surface area contributed by atoms with Crippen molar-refractivity contribution in [3.05, 3.63) is 59.4 Å². The molecule has 2 aromatic rings. The standard InChI is InChI=1S/C22H30N4O2/c1-6-12-26-20-11-10-17(14-19(20)21(23-26)22(27)24(2)3)25(4)15-16-8-7-9-18(13-16)28-5/h6-9,13,17H,1,10-12,14-15H2,2-5H3. The summed E-state index contributed by atoms with van der Waals surface area (Å²) in [7, 11) is 7.39. The molecular weight excluding hydrogens is 352 g/mol. The maximum absolute atomic E-state index is 12.7. The molecule has 0 radical (unpaired) electrons. The Morgan fingerprint density at radius 1 is 1.39 bits per heavy atom. The lowest BCUT2D eigenvalue weighted by molar-refractivity contribution is 0.0819. The molecule has 0 saturated carbocycles. The second kappa shape index (κ2) is 8.61. The van der Waals surface area contributed by atoms with E-state index in [0.29, 0.717) is 18.3 Å². The molecule has 0 fully saturated rings. The van der Waals surface area contributed by atoms with Gasteiger partial charge in [0.25, 0.3) is 5.91 Å². The molecule has 1 aliphatic rings. The van der Waals surface area contributed by atoms with Gasteiger partial charge in [-0.25, -0.2) is 0 Å². The molecule has 1 aromatic heterocycles. The van der Waals surface area contributed by atoms with Crippen molar-refractivity contribution in [3.63, 3.8) is 0 Å². The first-order chi connectivity index (χ1) is 13.4. The number of benzene rings is 1. The molecule has 0 bridgehead atoms. The molecule has 1 heterocycles. The summed E-state index contributed by atoms with van der Waals surface area (Å²) in [4.78, 5) is 16.6. The third-order valence-electron chi connectivity index (χ3n) is 5.42. The summed E-state index contributed by atoms with van der Waals surface area (Å²) < 4.78 is 7.28. The largest absolute Gasteiger partial charge is 0.497 e. The molecule has 6 nitrogen and oxygen atoms in total. The van der Waals surface area contributed by atoms with Crippen molar-refractivity contribution in [2.45, 2.75) is 38.4 Å². The molecule has 1 amide bonds. The van der Waals surface area contributed by atoms with Crippen LogP contribution in [0.15, 0.2) is 36.9 Å². The Kier molecular flexibility index (Phi) is 6.19. The van der Waals surface area contributed by atoms with Gasteiger partial charge < -0.3 is 9.64 Å². The summed E-state index contributed by atoms with van der Waals surface area (Å²) >= 11 is 0. The maximum Gasteiger partial charge on any atom is 0.274 e. The number of fused-ring (bicyclic) bond motifs is 1. The van der Waals surface area contributed by atoms with E-state index >= 15 is 0 Å². The lowest BCUT2D eigenvalue weighted by atomic mass is 9.90. The SMILES string of the molecule is C=CCn1nc(C(=O)N(C)C)c2c1CCC(N(C)Cc1cccc(OC)c1)C2. The van der Waals surface area contributed by atoms with Crippen molar-refractivity contribution in [3.8, 4) is 5.75 Å². The van der Waals surface area contributed by atoms with Crippen LogP contribution in [0.3, 0.4) is 0 Å². The average Bonchev–Trinajstić information content (AvgIpc) is 3.05. The van der Waals surface area contributed by atoms with E-state index in [0.717, 1.165) is 37.1 Å². The molecule has 0 saturated heterocycles. The van der Waals surface area contributed by atoms with Crippen LogP contribution in [0.25, 0.3) is 0 Å². The number of allylic oxidation sites excluding steroid dienone is 1. The molecule has 0 spiro atoms. The Morgan fingerprint density at radius 2 is 2.18 bits per heavy atom. The Morgan fingerprint density at radius 3 is 2.86 bits per heavy atom. The van der Waals surface area contributed by atoms with Gasteiger partial charge in [-0.05, 0) is 44.0 Å². The minimum Gasteiger partial charge on any atom is -0.497 e. The Bertz CT molecular complexity index is 856. The van der Waals surface area contributed by atoms with Crippen LogP contribution in [0.4, 0.5) is 0 Å². The fourth-order valence-corrected chi connectivity index (χ4v) is 3.89. The van der Waals surface area contributed by atoms with Gasteiger partial charge in [-0.1, -0.05) is 18.2 Å². The quantitative estimate of drug-likeness (QED) is 0.691. The van der Waals surface area contributed by atoms with E-state index < -0.39 is 0 Å². The monoisotopic (exact) mass is 382 g/mol. The van der Waals surface area contributed by atoms with E-state index in [1.165, 1.54) is 11.3 Å². The van der Waals surface area contributed by atoms with Gasteiger partial charge in [0.2, 0.25) is 0 Å². The van der Waals surface area contributed by atoms with Crippen LogP contribution < -0.4 is 4.74 Å². The van der Waals surface area contributed by atoms with Crippen LogP contribution in [0.2, 0.25) is 0 Å². The zero-order valence-corrected chi connectivity index (χ0v) is 17.3. The minimum atomic E-state index is -0.0323. The zero-order chi connectivity index (χ0) is 20.3. The highest BCUT2D eigenvalue weighted by Gasteiger charge is 2.31. The number of hydrogen-bond acceptors (Lipinski definition) is 4. The number of amides is 1. The average molecular weight is 383 g/mol. The number of hydrogen-bond donors (Lipinski definition) is 0. The second-order valence-corrected chi connectivity index (χ2v) is 7.61. The normalized spacial score (nSPS) is 16.0. The first-order valence-corrected chi connectivity index (χ1v) is 9.68. The molecule has 0 aliphatic heterocycles. The molecule has 0 N–H and O–H groups in total. The van der Waals surface area contributed by atoms with Crippen molar-refractivity contribution in [1.82, 2.24) is 19.6 Å². The fraction of sp³-hybridized carbons (Fsp3) is 0.455. The molecule has 6 heteroatoms. The van der Waals surface area contributed by atoms with Gasteiger partial charge in [0.15, 0.2) is 5.69 Å². The lowest BCUT2D eigenvalue weighted by Gasteiger charge is -2.32. The third kappa shape index (κ3) is 4.12. The first-order valence-electron chi connectivity index (χ1n) is 9.68. The van der Waals surface area contributed by atoms with Crippen LogP contribution in [0.1, 0.15) is 33.7 Å². The number of nitrogens with zero attached hydrogens (tertiary/aromatic N) is 4. The van der Waals surface area contributed by atoms with Gasteiger partial charge in [0.1, 0.15) is 5.75 Å². The van der Waals surface area contributed by atoms with E-state index in [4.69, 9.17) is 4.74 Å². The molecule has 3 rings (SSSR count). The molecule has 1 atom stereocenters. The Labute approximate surface area is 167 Å².